The number of carboxylic acid groups (broad SMARTS) is 1. The minimum absolute atomic E-state index is 0.0151. The summed E-state index contributed by atoms with van der Waals surface area (Å²) < 4.78 is 48.7. The van der Waals surface area contributed by atoms with Crippen molar-refractivity contribution < 1.29 is 42.1 Å². The first-order chi connectivity index (χ1) is 15.9. The highest BCUT2D eigenvalue weighted by molar-refractivity contribution is 5.76. The highest BCUT2D eigenvalue weighted by atomic mass is 19.4. The molecular weight excluding hydrogens is 457 g/mol. The van der Waals surface area contributed by atoms with Crippen molar-refractivity contribution in [3.8, 4) is 5.75 Å². The van der Waals surface area contributed by atoms with Crippen molar-refractivity contribution in [3.63, 3.8) is 0 Å². The molecule has 3 rings (SSSR count). The molecule has 8 nitrogen and oxygen atoms in total. The molecule has 0 aliphatic carbocycles. The summed E-state index contributed by atoms with van der Waals surface area (Å²) in [4.78, 5) is 24.4. The quantitative estimate of drug-likeness (QED) is 0.561. The van der Waals surface area contributed by atoms with E-state index >= 15 is 0 Å². The van der Waals surface area contributed by atoms with Crippen molar-refractivity contribution >= 4 is 11.9 Å². The number of alkyl halides is 3. The number of carbonyl (C=O) groups excluding carboxylic acids is 1. The van der Waals surface area contributed by atoms with Crippen LogP contribution in [0.15, 0.2) is 24.3 Å². The Morgan fingerprint density at radius 3 is 2.56 bits per heavy atom. The van der Waals surface area contributed by atoms with Crippen molar-refractivity contribution in [2.75, 3.05) is 54.1 Å². The Labute approximate surface area is 197 Å². The summed E-state index contributed by atoms with van der Waals surface area (Å²) in [6, 6.07) is 8.26. The monoisotopic (exact) mass is 490 g/mol. The number of likely N-dealkylation sites (tertiary alicyclic amines) is 1. The predicted molar refractivity (Wildman–Crippen MR) is 117 cm³/mol. The van der Waals surface area contributed by atoms with Crippen LogP contribution in [0, 0.1) is 5.92 Å². The Kier molecular flexibility index (Phi) is 10.1. The minimum atomic E-state index is -5.08. The van der Waals surface area contributed by atoms with Crippen LogP contribution >= 0.6 is 0 Å². The molecule has 1 aromatic carbocycles. The standard InChI is InChI=1S/C21H32N2O4.C2HF3O2/c1-22(2)20(24)14-26-9-7-17-8-10-27-21(12-17)15-23(16-21)13-18-5-4-6-19(11-18)25-3;3-2(4,5)1(6)7/h4-6,11,17H,7-10,12-16H2,1-3H3;(H,6,7). The number of halogens is 3. The molecule has 2 heterocycles. The van der Waals surface area contributed by atoms with Gasteiger partial charge in [-0.1, -0.05) is 12.1 Å². The average Bonchev–Trinajstić information content (AvgIpc) is 2.75. The zero-order valence-electron chi connectivity index (χ0n) is 19.8. The van der Waals surface area contributed by atoms with E-state index in [0.29, 0.717) is 12.5 Å². The number of ether oxygens (including phenoxy) is 3. The van der Waals surface area contributed by atoms with Crippen LogP contribution in [0.4, 0.5) is 13.2 Å². The molecule has 11 heteroatoms. The second-order valence-electron chi connectivity index (χ2n) is 8.82. The second-order valence-corrected chi connectivity index (χ2v) is 8.82. The second kappa shape index (κ2) is 12.4. The number of benzene rings is 1. The van der Waals surface area contributed by atoms with Gasteiger partial charge in [-0.3, -0.25) is 9.69 Å². The van der Waals surface area contributed by atoms with Gasteiger partial charge in [-0.05, 0) is 42.9 Å². The van der Waals surface area contributed by atoms with Crippen LogP contribution in [-0.2, 0) is 25.6 Å². The molecule has 0 aromatic heterocycles. The Hall–Kier alpha value is -2.37. The molecule has 2 saturated heterocycles. The molecule has 2 fully saturated rings. The zero-order valence-corrected chi connectivity index (χ0v) is 19.8. The topological polar surface area (TPSA) is 88.5 Å². The van der Waals surface area contributed by atoms with Crippen LogP contribution in [0.25, 0.3) is 0 Å². The van der Waals surface area contributed by atoms with Gasteiger partial charge in [0.25, 0.3) is 0 Å². The van der Waals surface area contributed by atoms with Crippen LogP contribution in [0.1, 0.15) is 24.8 Å². The lowest BCUT2D eigenvalue weighted by Crippen LogP contribution is -2.64. The lowest BCUT2D eigenvalue weighted by atomic mass is 9.79. The van der Waals surface area contributed by atoms with E-state index in [0.717, 1.165) is 51.3 Å². The van der Waals surface area contributed by atoms with Crippen molar-refractivity contribution in [2.45, 2.75) is 37.6 Å². The van der Waals surface area contributed by atoms with Gasteiger partial charge in [-0.15, -0.1) is 0 Å². The normalized spacial score (nSPS) is 19.5. The highest BCUT2D eigenvalue weighted by Gasteiger charge is 2.47. The predicted octanol–water partition coefficient (Wildman–Crippen LogP) is 2.80. The van der Waals surface area contributed by atoms with E-state index in [2.05, 4.69) is 17.0 Å². The summed E-state index contributed by atoms with van der Waals surface area (Å²) in [6.07, 6.45) is -1.91. The number of nitrogens with zero attached hydrogens (tertiary/aromatic N) is 2. The van der Waals surface area contributed by atoms with E-state index in [-0.39, 0.29) is 18.1 Å². The fourth-order valence-electron chi connectivity index (χ4n) is 4.04. The van der Waals surface area contributed by atoms with Gasteiger partial charge in [0, 0.05) is 46.9 Å². The number of carboxylic acids is 1. The van der Waals surface area contributed by atoms with Crippen molar-refractivity contribution in [1.29, 1.82) is 0 Å². The number of aliphatic carboxylic acids is 1. The Balaban J connectivity index is 0.000000509. The summed E-state index contributed by atoms with van der Waals surface area (Å²) >= 11 is 0. The molecule has 1 N–H and O–H groups in total. The Morgan fingerprint density at radius 2 is 1.97 bits per heavy atom. The first-order valence-electron chi connectivity index (χ1n) is 11.0. The molecule has 1 unspecified atom stereocenters. The SMILES string of the molecule is COc1cccc(CN2CC3(CC(CCOCC(=O)N(C)C)CCO3)C2)c1.O=C(O)C(F)(F)F. The molecular formula is C23H33F3N2O6. The molecule has 0 bridgehead atoms. The number of hydrogen-bond acceptors (Lipinski definition) is 6. The summed E-state index contributed by atoms with van der Waals surface area (Å²) in [5.74, 6) is -1.21. The molecule has 34 heavy (non-hydrogen) atoms. The van der Waals surface area contributed by atoms with Gasteiger partial charge in [-0.25, -0.2) is 4.79 Å². The first-order valence-corrected chi connectivity index (χ1v) is 11.0. The van der Waals surface area contributed by atoms with E-state index in [1.165, 1.54) is 5.56 Å². The number of carbonyl (C=O) groups is 2. The van der Waals surface area contributed by atoms with Crippen LogP contribution in [-0.4, -0.2) is 92.7 Å². The number of likely N-dealkylation sites (N-methyl/N-ethyl adjacent to an activating group) is 1. The van der Waals surface area contributed by atoms with E-state index in [1.807, 2.05) is 12.1 Å². The average molecular weight is 491 g/mol. The van der Waals surface area contributed by atoms with Gasteiger partial charge < -0.3 is 24.2 Å². The maximum absolute atomic E-state index is 11.5. The first kappa shape index (κ1) is 27.9. The third-order valence-electron chi connectivity index (χ3n) is 5.80. The van der Waals surface area contributed by atoms with E-state index in [9.17, 15) is 18.0 Å². The van der Waals surface area contributed by atoms with Crippen molar-refractivity contribution in [2.24, 2.45) is 5.92 Å². The lowest BCUT2D eigenvalue weighted by Gasteiger charge is -2.53. The third kappa shape index (κ3) is 8.77. The number of hydrogen-bond donors (Lipinski definition) is 1. The number of rotatable bonds is 8. The van der Waals surface area contributed by atoms with E-state index in [4.69, 9.17) is 24.1 Å². The van der Waals surface area contributed by atoms with Crippen LogP contribution < -0.4 is 4.74 Å². The van der Waals surface area contributed by atoms with Gasteiger partial charge >= 0.3 is 12.1 Å². The maximum atomic E-state index is 11.5. The molecule has 192 valence electrons. The smallest absolute Gasteiger partial charge is 0.490 e. The van der Waals surface area contributed by atoms with Crippen molar-refractivity contribution in [1.82, 2.24) is 9.80 Å². The van der Waals surface area contributed by atoms with Crippen molar-refractivity contribution in [3.05, 3.63) is 29.8 Å². The lowest BCUT2D eigenvalue weighted by molar-refractivity contribution is -0.192. The number of methoxy groups -OCH3 is 1. The van der Waals surface area contributed by atoms with E-state index in [1.54, 1.807) is 26.1 Å². The van der Waals surface area contributed by atoms with Gasteiger partial charge in [-0.2, -0.15) is 13.2 Å². The zero-order chi connectivity index (χ0) is 25.4. The van der Waals surface area contributed by atoms with Gasteiger partial charge in [0.05, 0.1) is 12.7 Å². The largest absolute Gasteiger partial charge is 0.497 e. The fourth-order valence-corrected chi connectivity index (χ4v) is 4.04. The van der Waals surface area contributed by atoms with Crippen LogP contribution in [0.5, 0.6) is 5.75 Å². The summed E-state index contributed by atoms with van der Waals surface area (Å²) in [5, 5.41) is 7.12. The van der Waals surface area contributed by atoms with E-state index < -0.39 is 12.1 Å². The molecule has 1 atom stereocenters. The summed E-state index contributed by atoms with van der Waals surface area (Å²) in [7, 11) is 5.21. The maximum Gasteiger partial charge on any atom is 0.490 e. The number of amides is 1. The summed E-state index contributed by atoms with van der Waals surface area (Å²) in [5.41, 5.74) is 1.29. The molecule has 1 amide bonds. The Bertz CT molecular complexity index is 812. The minimum Gasteiger partial charge on any atom is -0.497 e. The summed E-state index contributed by atoms with van der Waals surface area (Å²) in [6.45, 7) is 4.56. The molecule has 0 saturated carbocycles. The van der Waals surface area contributed by atoms with Crippen LogP contribution in [0.2, 0.25) is 0 Å². The van der Waals surface area contributed by atoms with Gasteiger partial charge in [0.1, 0.15) is 12.4 Å². The van der Waals surface area contributed by atoms with Gasteiger partial charge in [0.2, 0.25) is 5.91 Å². The molecule has 1 spiro atoms. The Morgan fingerprint density at radius 1 is 1.29 bits per heavy atom. The fraction of sp³-hybridized carbons (Fsp3) is 0.652. The molecule has 1 aromatic rings. The highest BCUT2D eigenvalue weighted by Crippen LogP contribution is 2.38. The molecule has 2 aliphatic rings. The third-order valence-corrected chi connectivity index (χ3v) is 5.80. The molecule has 0 radical (unpaired) electrons. The molecule has 2 aliphatic heterocycles. The van der Waals surface area contributed by atoms with Gasteiger partial charge in [0.15, 0.2) is 0 Å². The van der Waals surface area contributed by atoms with Crippen LogP contribution in [0.3, 0.4) is 0 Å².